The van der Waals surface area contributed by atoms with Crippen molar-refractivity contribution in [3.05, 3.63) is 29.8 Å². The van der Waals surface area contributed by atoms with Crippen LogP contribution in [0.4, 0.5) is 0 Å². The van der Waals surface area contributed by atoms with Crippen molar-refractivity contribution in [1.82, 2.24) is 5.32 Å². The number of hydrogen-bond donors (Lipinski definition) is 5. The van der Waals surface area contributed by atoms with Crippen molar-refractivity contribution < 1.29 is 24.7 Å². The first-order valence-corrected chi connectivity index (χ1v) is 6.05. The minimum atomic E-state index is -1.54. The number of amides is 1. The lowest BCUT2D eigenvalue weighted by atomic mass is 9.80. The maximum absolute atomic E-state index is 11.7. The van der Waals surface area contributed by atoms with Gasteiger partial charge in [0.1, 0.15) is 6.04 Å². The molecule has 0 aliphatic rings. The van der Waals surface area contributed by atoms with E-state index in [0.717, 1.165) is 5.56 Å². The Morgan fingerprint density at radius 2 is 1.85 bits per heavy atom. The summed E-state index contributed by atoms with van der Waals surface area (Å²) in [7, 11) is -1.54. The molecule has 108 valence electrons. The number of hydrogen-bond acceptors (Lipinski definition) is 5. The first-order chi connectivity index (χ1) is 9.31. The first-order valence-electron chi connectivity index (χ1n) is 6.05. The standard InChI is InChI=1S/C12H17BN2O5/c1-7(12(17)18)15-11(16)10(14)6-8-2-4-9(5-3-8)13(19)20/h2-5,7,10,19-20H,6,14H2,1H3,(H,15,16)(H,17,18)/t7?,10-/m0/s1. The van der Waals surface area contributed by atoms with E-state index < -0.39 is 31.1 Å². The molecule has 1 rings (SSSR count). The summed E-state index contributed by atoms with van der Waals surface area (Å²) < 4.78 is 0. The molecule has 0 heterocycles. The molecule has 0 saturated heterocycles. The smallest absolute Gasteiger partial charge is 0.480 e. The molecule has 0 spiro atoms. The van der Waals surface area contributed by atoms with Gasteiger partial charge in [-0.15, -0.1) is 0 Å². The third-order valence-electron chi connectivity index (χ3n) is 2.80. The molecule has 0 aromatic heterocycles. The van der Waals surface area contributed by atoms with Gasteiger partial charge in [0.25, 0.3) is 0 Å². The van der Waals surface area contributed by atoms with Gasteiger partial charge in [-0.1, -0.05) is 24.3 Å². The molecule has 1 amide bonds. The van der Waals surface area contributed by atoms with Crippen molar-refractivity contribution >= 4 is 24.5 Å². The Kier molecular flexibility index (Phi) is 5.69. The molecule has 1 aromatic rings. The van der Waals surface area contributed by atoms with Crippen LogP contribution in [0.3, 0.4) is 0 Å². The number of carbonyl (C=O) groups is 2. The SMILES string of the molecule is CC(NC(=O)[C@@H](N)Cc1ccc(B(O)O)cc1)C(=O)O. The van der Waals surface area contributed by atoms with Crippen LogP contribution in [-0.2, 0) is 16.0 Å². The quantitative estimate of drug-likeness (QED) is 0.376. The number of nitrogens with two attached hydrogens (primary N) is 1. The third kappa shape index (κ3) is 4.65. The Labute approximate surface area is 116 Å². The number of carbonyl (C=O) groups excluding carboxylic acids is 1. The second-order valence-electron chi connectivity index (χ2n) is 4.49. The molecule has 0 fully saturated rings. The van der Waals surface area contributed by atoms with E-state index >= 15 is 0 Å². The van der Waals surface area contributed by atoms with E-state index in [4.69, 9.17) is 20.9 Å². The van der Waals surface area contributed by atoms with Crippen molar-refractivity contribution in [2.24, 2.45) is 5.73 Å². The molecule has 0 saturated carbocycles. The van der Waals surface area contributed by atoms with Crippen LogP contribution >= 0.6 is 0 Å². The molecule has 0 radical (unpaired) electrons. The molecule has 0 aliphatic heterocycles. The van der Waals surface area contributed by atoms with Gasteiger partial charge in [0, 0.05) is 0 Å². The first kappa shape index (κ1) is 16.2. The Morgan fingerprint density at radius 1 is 1.30 bits per heavy atom. The van der Waals surface area contributed by atoms with Crippen molar-refractivity contribution in [3.8, 4) is 0 Å². The van der Waals surface area contributed by atoms with Crippen LogP contribution in [0.5, 0.6) is 0 Å². The van der Waals surface area contributed by atoms with Gasteiger partial charge in [-0.05, 0) is 24.4 Å². The van der Waals surface area contributed by atoms with E-state index in [-0.39, 0.29) is 6.42 Å². The van der Waals surface area contributed by atoms with Gasteiger partial charge >= 0.3 is 13.1 Å². The molecular weight excluding hydrogens is 263 g/mol. The number of carboxylic acid groups (broad SMARTS) is 1. The van der Waals surface area contributed by atoms with Crippen molar-refractivity contribution in [2.75, 3.05) is 0 Å². The summed E-state index contributed by atoms with van der Waals surface area (Å²) in [6, 6.07) is 4.42. The van der Waals surface area contributed by atoms with E-state index in [1.165, 1.54) is 19.1 Å². The summed E-state index contributed by atoms with van der Waals surface area (Å²) in [5, 5.41) is 28.9. The molecule has 7 nitrogen and oxygen atoms in total. The lowest BCUT2D eigenvalue weighted by molar-refractivity contribution is -0.141. The molecule has 20 heavy (non-hydrogen) atoms. The summed E-state index contributed by atoms with van der Waals surface area (Å²) in [5.74, 6) is -1.68. The van der Waals surface area contributed by atoms with Gasteiger partial charge in [-0.2, -0.15) is 0 Å². The van der Waals surface area contributed by atoms with Crippen molar-refractivity contribution in [3.63, 3.8) is 0 Å². The van der Waals surface area contributed by atoms with Crippen LogP contribution in [0.2, 0.25) is 0 Å². The van der Waals surface area contributed by atoms with Crippen LogP contribution in [0.1, 0.15) is 12.5 Å². The van der Waals surface area contributed by atoms with E-state index in [2.05, 4.69) is 5.32 Å². The lowest BCUT2D eigenvalue weighted by Crippen LogP contribution is -2.48. The highest BCUT2D eigenvalue weighted by Gasteiger charge is 2.19. The Balaban J connectivity index is 2.59. The monoisotopic (exact) mass is 280 g/mol. The fourth-order valence-electron chi connectivity index (χ4n) is 1.55. The van der Waals surface area contributed by atoms with Crippen molar-refractivity contribution in [2.45, 2.75) is 25.4 Å². The molecule has 8 heteroatoms. The molecule has 1 unspecified atom stereocenters. The molecule has 1 aromatic carbocycles. The largest absolute Gasteiger partial charge is 0.488 e. The zero-order chi connectivity index (χ0) is 15.3. The molecule has 6 N–H and O–H groups in total. The highest BCUT2D eigenvalue weighted by atomic mass is 16.4. The number of aliphatic carboxylic acids is 1. The van der Waals surface area contributed by atoms with Gasteiger partial charge in [-0.25, -0.2) is 0 Å². The maximum Gasteiger partial charge on any atom is 0.488 e. The normalized spacial score (nSPS) is 13.4. The third-order valence-corrected chi connectivity index (χ3v) is 2.80. The topological polar surface area (TPSA) is 133 Å². The molecule has 0 bridgehead atoms. The van der Waals surface area contributed by atoms with E-state index in [0.29, 0.717) is 5.46 Å². The number of rotatable bonds is 6. The predicted octanol–water partition coefficient (Wildman–Crippen LogP) is -2.17. The zero-order valence-corrected chi connectivity index (χ0v) is 11.0. The maximum atomic E-state index is 11.7. The minimum absolute atomic E-state index is 0.222. The summed E-state index contributed by atoms with van der Waals surface area (Å²) >= 11 is 0. The fourth-order valence-corrected chi connectivity index (χ4v) is 1.55. The van der Waals surface area contributed by atoms with E-state index in [9.17, 15) is 9.59 Å². The second-order valence-corrected chi connectivity index (χ2v) is 4.49. The number of carboxylic acids is 1. The van der Waals surface area contributed by atoms with E-state index in [1.54, 1.807) is 12.1 Å². The second kappa shape index (κ2) is 7.04. The summed E-state index contributed by atoms with van der Waals surface area (Å²) in [6.07, 6.45) is 0.222. The number of nitrogens with one attached hydrogen (secondary N) is 1. The molecule has 2 atom stereocenters. The lowest BCUT2D eigenvalue weighted by Gasteiger charge is -2.15. The minimum Gasteiger partial charge on any atom is -0.480 e. The highest BCUT2D eigenvalue weighted by molar-refractivity contribution is 6.58. The Hall–Kier alpha value is -1.90. The van der Waals surface area contributed by atoms with Gasteiger partial charge < -0.3 is 26.2 Å². The van der Waals surface area contributed by atoms with E-state index in [1.807, 2.05) is 0 Å². The van der Waals surface area contributed by atoms with Crippen LogP contribution in [0.15, 0.2) is 24.3 Å². The van der Waals surface area contributed by atoms with Gasteiger partial charge in [0.2, 0.25) is 5.91 Å². The highest BCUT2D eigenvalue weighted by Crippen LogP contribution is 2.02. The van der Waals surface area contributed by atoms with Gasteiger partial charge in [-0.3, -0.25) is 9.59 Å². The predicted molar refractivity (Wildman–Crippen MR) is 73.2 cm³/mol. The molecule has 0 aliphatic carbocycles. The average Bonchev–Trinajstić information content (AvgIpc) is 2.38. The Morgan fingerprint density at radius 3 is 2.30 bits per heavy atom. The summed E-state index contributed by atoms with van der Waals surface area (Å²) in [6.45, 7) is 1.35. The fraction of sp³-hybridized carbons (Fsp3) is 0.333. The number of benzene rings is 1. The average molecular weight is 280 g/mol. The van der Waals surface area contributed by atoms with Crippen LogP contribution < -0.4 is 16.5 Å². The molecular formula is C12H17BN2O5. The Bertz CT molecular complexity index is 477. The van der Waals surface area contributed by atoms with Crippen LogP contribution in [0.25, 0.3) is 0 Å². The van der Waals surface area contributed by atoms with Crippen LogP contribution in [0, 0.1) is 0 Å². The van der Waals surface area contributed by atoms with Crippen molar-refractivity contribution in [1.29, 1.82) is 0 Å². The zero-order valence-electron chi connectivity index (χ0n) is 11.0. The van der Waals surface area contributed by atoms with Gasteiger partial charge in [0.05, 0.1) is 6.04 Å². The summed E-state index contributed by atoms with van der Waals surface area (Å²) in [4.78, 5) is 22.3. The van der Waals surface area contributed by atoms with Crippen LogP contribution in [-0.4, -0.2) is 46.2 Å². The van der Waals surface area contributed by atoms with Gasteiger partial charge in [0.15, 0.2) is 0 Å². The summed E-state index contributed by atoms with van der Waals surface area (Å²) in [5.41, 5.74) is 6.77.